The number of carboxylic acids is 1. The first-order valence-electron chi connectivity index (χ1n) is 33.2. The molecule has 0 spiro atoms. The van der Waals surface area contributed by atoms with Gasteiger partial charge in [-0.25, -0.2) is 4.98 Å². The van der Waals surface area contributed by atoms with Gasteiger partial charge in [-0.3, -0.25) is 52.8 Å². The van der Waals surface area contributed by atoms with Crippen LogP contribution in [0.1, 0.15) is 192 Å². The van der Waals surface area contributed by atoms with Crippen LogP contribution in [0.4, 0.5) is 0 Å². The van der Waals surface area contributed by atoms with Crippen molar-refractivity contribution in [3.63, 3.8) is 0 Å². The van der Waals surface area contributed by atoms with E-state index in [0.29, 0.717) is 89.0 Å². The number of carbonyl (C=O) groups is 10. The number of ether oxygens (including phenoxy) is 5. The molecule has 1 aromatic carbocycles. The Bertz CT molecular complexity index is 2620. The van der Waals surface area contributed by atoms with Crippen LogP contribution >= 0.6 is 11.3 Å². The number of amides is 5. The molecule has 92 heavy (non-hydrogen) atoms. The fourth-order valence-corrected chi connectivity index (χ4v) is 12.1. The number of carbonyl (C=O) groups excluding carboxylic acids is 9. The van der Waals surface area contributed by atoms with E-state index in [-0.39, 0.29) is 130 Å². The number of hydrogen-bond acceptors (Lipinski definition) is 18. The van der Waals surface area contributed by atoms with Gasteiger partial charge in [-0.15, -0.1) is 11.3 Å². The topological polar surface area (TPSA) is 319 Å². The molecule has 0 radical (unpaired) electrons. The van der Waals surface area contributed by atoms with E-state index in [1.54, 1.807) is 36.6 Å². The number of Topliss-reactive ketones (excluding diaryl/α,β-unsaturated/α-hetero) is 3. The van der Waals surface area contributed by atoms with E-state index in [4.69, 9.17) is 34.4 Å². The largest absolute Gasteiger partial charge is 0.481 e. The number of nitrogens with two attached hydrogens (primary N) is 1. The molecule has 518 valence electrons. The smallest absolute Gasteiger partial charge is 0.306 e. The highest BCUT2D eigenvalue weighted by Crippen LogP contribution is 2.34. The average molecular weight is 1310 g/mol. The van der Waals surface area contributed by atoms with Gasteiger partial charge in [0.2, 0.25) is 23.6 Å². The number of aromatic nitrogens is 1. The molecule has 1 aliphatic heterocycles. The van der Waals surface area contributed by atoms with Gasteiger partial charge in [-0.1, -0.05) is 98.9 Å². The van der Waals surface area contributed by atoms with E-state index in [9.17, 15) is 53.1 Å². The number of rotatable bonds is 49. The quantitative estimate of drug-likeness (QED) is 0.0318. The molecule has 6 N–H and O–H groups in total. The summed E-state index contributed by atoms with van der Waals surface area (Å²) in [6.07, 6.45) is 4.99. The molecule has 1 aliphatic rings. The lowest BCUT2D eigenvalue weighted by atomic mass is 9.82. The Hall–Kier alpha value is -6.05. The molecule has 0 saturated carbocycles. The third-order valence-corrected chi connectivity index (χ3v) is 17.9. The molecule has 1 aromatic heterocycles. The molecule has 23 nitrogen and oxygen atoms in total. The number of likely N-dealkylation sites (tertiary alicyclic amines) is 1. The number of piperidine rings is 1. The summed E-state index contributed by atoms with van der Waals surface area (Å²) >= 11 is 1.14. The molecule has 1 saturated heterocycles. The second-order valence-electron chi connectivity index (χ2n) is 25.3. The summed E-state index contributed by atoms with van der Waals surface area (Å²) in [7, 11) is 1.97. The van der Waals surface area contributed by atoms with Gasteiger partial charge in [-0.05, 0) is 87.4 Å². The number of likely N-dealkylation sites (N-methyl/N-ethyl adjacent to an activating group) is 1. The number of carboxylic acid groups (broad SMARTS) is 1. The third kappa shape index (κ3) is 30.4. The van der Waals surface area contributed by atoms with Gasteiger partial charge in [0, 0.05) is 94.8 Å². The van der Waals surface area contributed by atoms with E-state index in [2.05, 4.69) is 20.9 Å². The van der Waals surface area contributed by atoms with E-state index in [1.165, 1.54) is 13.8 Å². The predicted octanol–water partition coefficient (Wildman–Crippen LogP) is 7.42. The number of thiazole rings is 1. The zero-order chi connectivity index (χ0) is 68.3. The Labute approximate surface area is 549 Å². The Balaban J connectivity index is 1.70. The van der Waals surface area contributed by atoms with Crippen LogP contribution in [0.2, 0.25) is 0 Å². The molecule has 1 fully saturated rings. The number of ketones is 3. The molecule has 24 heteroatoms. The Morgan fingerprint density at radius 3 is 1.97 bits per heavy atom. The monoisotopic (exact) mass is 1310 g/mol. The number of primary amides is 1. The number of aliphatic carboxylic acids is 1. The first-order chi connectivity index (χ1) is 43.8. The van der Waals surface area contributed by atoms with Crippen LogP contribution in [-0.4, -0.2) is 182 Å². The summed E-state index contributed by atoms with van der Waals surface area (Å²) in [4.78, 5) is 140. The van der Waals surface area contributed by atoms with E-state index >= 15 is 0 Å². The molecule has 2 heterocycles. The van der Waals surface area contributed by atoms with Crippen LogP contribution in [0.3, 0.4) is 0 Å². The van der Waals surface area contributed by atoms with Gasteiger partial charge in [0.15, 0.2) is 17.7 Å². The highest BCUT2D eigenvalue weighted by molar-refractivity contribution is 7.09. The molecule has 0 aliphatic carbocycles. The van der Waals surface area contributed by atoms with Crippen LogP contribution in [0.15, 0.2) is 29.6 Å². The molecular weight excluding hydrogens is 1200 g/mol. The van der Waals surface area contributed by atoms with Crippen LogP contribution < -0.4 is 21.7 Å². The molecule has 9 atom stereocenters. The van der Waals surface area contributed by atoms with Crippen molar-refractivity contribution < 1.29 is 76.7 Å². The number of unbranched alkanes of at least 4 members (excludes halogenated alkanes) is 1. The number of esters is 1. The Morgan fingerprint density at radius 2 is 1.40 bits per heavy atom. The number of nitrogens with zero attached hydrogens (tertiary/aromatic N) is 3. The van der Waals surface area contributed by atoms with E-state index in [1.807, 2.05) is 60.4 Å². The summed E-state index contributed by atoms with van der Waals surface area (Å²) < 4.78 is 27.9. The van der Waals surface area contributed by atoms with Gasteiger partial charge in [0.1, 0.15) is 16.5 Å². The summed E-state index contributed by atoms with van der Waals surface area (Å²) in [5.41, 5.74) is 6.80. The SMILES string of the molecule is CCCN(C(=O)[C@@H](CC(=O)[C@H]1CCCCN1C)[C@@H](C)CC)[C@H](C[C@@H](OC(C)=O)c1nc(C(=O)N[C@@H](Cc2ccc(CC(=O)[C@H](CCCCC(N)=O)NC(=O)[C@@H](CC(=O)CCOCCOCCOCCOCCNC(C)=O)C(C)C)cc2)C[C@H](C)C(=O)O)cs1)C(C)C. The van der Waals surface area contributed by atoms with Gasteiger partial charge < -0.3 is 55.4 Å². The van der Waals surface area contributed by atoms with Crippen LogP contribution in [0, 0.1) is 35.5 Å². The van der Waals surface area contributed by atoms with Crippen molar-refractivity contribution in [1.29, 1.82) is 0 Å². The van der Waals surface area contributed by atoms with Crippen molar-refractivity contribution in [2.24, 2.45) is 41.2 Å². The van der Waals surface area contributed by atoms with Crippen molar-refractivity contribution in [3.8, 4) is 0 Å². The molecule has 0 unspecified atom stereocenters. The Kier molecular flexibility index (Phi) is 38.2. The minimum absolute atomic E-state index is 0.0381. The molecule has 3 rings (SSSR count). The number of hydrogen-bond donors (Lipinski definition) is 5. The minimum atomic E-state index is -1.05. The predicted molar refractivity (Wildman–Crippen MR) is 350 cm³/mol. The molecule has 0 bridgehead atoms. The zero-order valence-electron chi connectivity index (χ0n) is 56.7. The van der Waals surface area contributed by atoms with Crippen molar-refractivity contribution in [1.82, 2.24) is 30.7 Å². The maximum atomic E-state index is 14.9. The lowest BCUT2D eigenvalue weighted by molar-refractivity contribution is -0.150. The summed E-state index contributed by atoms with van der Waals surface area (Å²) in [5.74, 6) is -6.19. The summed E-state index contributed by atoms with van der Waals surface area (Å²) in [5, 5.41) is 20.4. The summed E-state index contributed by atoms with van der Waals surface area (Å²) in [6, 6.07) is 4.85. The summed E-state index contributed by atoms with van der Waals surface area (Å²) in [6.45, 7) is 22.3. The van der Waals surface area contributed by atoms with Crippen LogP contribution in [0.25, 0.3) is 0 Å². The van der Waals surface area contributed by atoms with E-state index < -0.39 is 71.6 Å². The minimum Gasteiger partial charge on any atom is -0.481 e. The van der Waals surface area contributed by atoms with Gasteiger partial charge in [-0.2, -0.15) is 0 Å². The fraction of sp³-hybridized carbons (Fsp3) is 0.721. The van der Waals surface area contributed by atoms with Crippen molar-refractivity contribution >= 4 is 70.2 Å². The van der Waals surface area contributed by atoms with Crippen molar-refractivity contribution in [2.75, 3.05) is 79.5 Å². The van der Waals surface area contributed by atoms with Gasteiger partial charge >= 0.3 is 11.9 Å². The van der Waals surface area contributed by atoms with Crippen molar-refractivity contribution in [3.05, 3.63) is 51.5 Å². The maximum Gasteiger partial charge on any atom is 0.306 e. The number of benzene rings is 1. The zero-order valence-corrected chi connectivity index (χ0v) is 57.5. The van der Waals surface area contributed by atoms with E-state index in [0.717, 1.165) is 42.7 Å². The highest BCUT2D eigenvalue weighted by Gasteiger charge is 2.39. The standard InChI is InChI=1S/C68H109N7O16S/c1-12-27-75(67(84)55(46(7)13-2)41-61(80)58-19-16-17-28-74(58)11)59(45(5)6)42-62(91-49(10)77)66-73-57(43-92-66)65(83)71-52(37-47(8)68(85)86)38-50-21-23-51(24-22-50)39-60(79)56(18-14-15-20-63(69)81)72-64(82)54(44(3)4)40-53(78)25-29-87-31-33-89-35-36-90-34-32-88-30-26-70-48(9)76/h21-24,43-47,52,54-56,58-59,62H,12-20,25-42H2,1-11H3,(H2,69,81)(H,70,76)(H,71,83)(H,72,82)(H,85,86)/t46-,47-,52+,54-,55-,56-,58+,59+,62+/m0/s1. The van der Waals surface area contributed by atoms with Crippen molar-refractivity contribution in [2.45, 2.75) is 202 Å². The lowest BCUT2D eigenvalue weighted by Crippen LogP contribution is -2.50. The number of nitrogens with one attached hydrogen (secondary N) is 3. The van der Waals surface area contributed by atoms with Crippen LogP contribution in [-0.2, 0) is 79.7 Å². The second-order valence-corrected chi connectivity index (χ2v) is 26.2. The average Bonchev–Trinajstić information content (AvgIpc) is 1.30. The molecule has 2 aromatic rings. The van der Waals surface area contributed by atoms with Gasteiger partial charge in [0.05, 0.1) is 70.9 Å². The fourth-order valence-electron chi connectivity index (χ4n) is 11.3. The first-order valence-corrected chi connectivity index (χ1v) is 34.1. The lowest BCUT2D eigenvalue weighted by Gasteiger charge is -2.39. The van der Waals surface area contributed by atoms with Crippen LogP contribution in [0.5, 0.6) is 0 Å². The third-order valence-electron chi connectivity index (χ3n) is 16.9. The normalized spacial score (nSPS) is 16.1. The molecule has 5 amide bonds. The van der Waals surface area contributed by atoms with Gasteiger partial charge in [0.25, 0.3) is 5.91 Å². The second kappa shape index (κ2) is 43.8. The maximum absolute atomic E-state index is 14.9. The Morgan fingerprint density at radius 1 is 0.772 bits per heavy atom. The first kappa shape index (κ1) is 80.2. The highest BCUT2D eigenvalue weighted by atomic mass is 32.1. The molecular formula is C68H109N7O16S.